The van der Waals surface area contributed by atoms with Crippen molar-refractivity contribution in [3.8, 4) is 0 Å². The van der Waals surface area contributed by atoms with Crippen molar-refractivity contribution in [3.63, 3.8) is 0 Å². The second-order valence-corrected chi connectivity index (χ2v) is 6.17. The molecule has 0 heterocycles. The molecule has 0 aliphatic heterocycles. The zero-order valence-corrected chi connectivity index (χ0v) is 11.2. The van der Waals surface area contributed by atoms with Crippen LogP contribution in [0.4, 0.5) is 0 Å². The topological polar surface area (TPSA) is 91.8 Å². The highest BCUT2D eigenvalue weighted by molar-refractivity contribution is 7.90. The predicted octanol–water partition coefficient (Wildman–Crippen LogP) is -0.0896. The number of amides is 1. The molecule has 0 unspecified atom stereocenters. The molecule has 0 aliphatic rings. The van der Waals surface area contributed by atoms with Crippen molar-refractivity contribution in [1.29, 1.82) is 0 Å². The number of aliphatic carboxylic acids is 1. The van der Waals surface area contributed by atoms with E-state index in [-0.39, 0.29) is 23.4 Å². The van der Waals surface area contributed by atoms with Gasteiger partial charge in [-0.1, -0.05) is 0 Å². The molecule has 0 rings (SSSR count). The molecule has 7 heteroatoms. The number of rotatable bonds is 5. The van der Waals surface area contributed by atoms with Crippen LogP contribution in [0.5, 0.6) is 0 Å². The number of carbonyl (C=O) groups is 2. The summed E-state index contributed by atoms with van der Waals surface area (Å²) in [4.78, 5) is 23.6. The Balaban J connectivity index is 4.73. The van der Waals surface area contributed by atoms with Crippen LogP contribution in [0.3, 0.4) is 0 Å². The summed E-state index contributed by atoms with van der Waals surface area (Å²) in [7, 11) is -1.70. The molecule has 0 aromatic rings. The number of hydrogen-bond donors (Lipinski definition) is 1. The lowest BCUT2D eigenvalue weighted by atomic mass is 10.1. The Morgan fingerprint density at radius 1 is 1.18 bits per heavy atom. The Kier molecular flexibility index (Phi) is 5.34. The van der Waals surface area contributed by atoms with E-state index in [1.807, 2.05) is 0 Å². The number of sulfone groups is 1. The molecule has 0 saturated heterocycles. The molecule has 0 bridgehead atoms. The van der Waals surface area contributed by atoms with E-state index in [0.29, 0.717) is 0 Å². The van der Waals surface area contributed by atoms with Crippen molar-refractivity contribution >= 4 is 21.7 Å². The minimum Gasteiger partial charge on any atom is -0.478 e. The maximum Gasteiger partial charge on any atom is 0.331 e. The molecule has 0 aromatic carbocycles. The van der Waals surface area contributed by atoms with Crippen LogP contribution in [0.2, 0.25) is 0 Å². The van der Waals surface area contributed by atoms with Gasteiger partial charge in [0, 0.05) is 31.0 Å². The van der Waals surface area contributed by atoms with Crippen LogP contribution in [0.15, 0.2) is 11.1 Å². The average molecular weight is 263 g/mol. The largest absolute Gasteiger partial charge is 0.478 e. The van der Waals surface area contributed by atoms with Crippen molar-refractivity contribution in [3.05, 3.63) is 11.1 Å². The molecule has 0 atom stereocenters. The maximum absolute atomic E-state index is 11.7. The third kappa shape index (κ3) is 5.48. The summed E-state index contributed by atoms with van der Waals surface area (Å²) in [5, 5.41) is 8.72. The SMILES string of the molecule is CC(C(=O)O)=C(C)C(=O)N(C)CCS(C)(=O)=O. The number of carboxylic acids is 1. The highest BCUT2D eigenvalue weighted by atomic mass is 32.2. The van der Waals surface area contributed by atoms with E-state index in [1.165, 1.54) is 25.8 Å². The van der Waals surface area contributed by atoms with E-state index >= 15 is 0 Å². The van der Waals surface area contributed by atoms with Gasteiger partial charge in [-0.25, -0.2) is 13.2 Å². The van der Waals surface area contributed by atoms with Gasteiger partial charge in [-0.15, -0.1) is 0 Å². The van der Waals surface area contributed by atoms with Crippen LogP contribution in [-0.2, 0) is 19.4 Å². The summed E-state index contributed by atoms with van der Waals surface area (Å²) in [6.45, 7) is 2.78. The van der Waals surface area contributed by atoms with Crippen LogP contribution in [0.1, 0.15) is 13.8 Å². The fraction of sp³-hybridized carbons (Fsp3) is 0.600. The molecule has 0 spiro atoms. The van der Waals surface area contributed by atoms with Gasteiger partial charge in [-0.05, 0) is 13.8 Å². The van der Waals surface area contributed by atoms with Crippen LogP contribution >= 0.6 is 0 Å². The minimum absolute atomic E-state index is 0.0406. The molecule has 0 radical (unpaired) electrons. The average Bonchev–Trinajstić information content (AvgIpc) is 2.21. The van der Waals surface area contributed by atoms with Crippen LogP contribution < -0.4 is 0 Å². The summed E-state index contributed by atoms with van der Waals surface area (Å²) in [6.07, 6.45) is 1.08. The van der Waals surface area contributed by atoms with Gasteiger partial charge in [0.1, 0.15) is 9.84 Å². The van der Waals surface area contributed by atoms with Gasteiger partial charge in [-0.3, -0.25) is 4.79 Å². The van der Waals surface area contributed by atoms with Crippen molar-refractivity contribution < 1.29 is 23.1 Å². The molecule has 98 valence electrons. The van der Waals surface area contributed by atoms with Gasteiger partial charge in [0.05, 0.1) is 5.75 Å². The molecule has 6 nitrogen and oxygen atoms in total. The first-order chi connectivity index (χ1) is 7.56. The number of carbonyl (C=O) groups excluding carboxylic acids is 1. The lowest BCUT2D eigenvalue weighted by Gasteiger charge is -2.17. The van der Waals surface area contributed by atoms with Crippen LogP contribution in [0.25, 0.3) is 0 Å². The highest BCUT2D eigenvalue weighted by Crippen LogP contribution is 2.07. The summed E-state index contributed by atoms with van der Waals surface area (Å²) in [6, 6.07) is 0. The van der Waals surface area contributed by atoms with Crippen molar-refractivity contribution in [2.24, 2.45) is 0 Å². The quantitative estimate of drug-likeness (QED) is 0.700. The molecule has 0 fully saturated rings. The predicted molar refractivity (Wildman–Crippen MR) is 63.4 cm³/mol. The Hall–Kier alpha value is -1.37. The third-order valence-electron chi connectivity index (χ3n) is 2.35. The zero-order valence-electron chi connectivity index (χ0n) is 10.3. The first-order valence-electron chi connectivity index (χ1n) is 4.90. The number of likely N-dealkylation sites (N-methyl/N-ethyl adjacent to an activating group) is 1. The summed E-state index contributed by atoms with van der Waals surface area (Å²) in [5.74, 6) is -1.78. The number of nitrogens with zero attached hydrogens (tertiary/aromatic N) is 1. The summed E-state index contributed by atoms with van der Waals surface area (Å²) < 4.78 is 21.9. The monoisotopic (exact) mass is 263 g/mol. The molecule has 0 aromatic heterocycles. The van der Waals surface area contributed by atoms with E-state index in [2.05, 4.69) is 0 Å². The first-order valence-corrected chi connectivity index (χ1v) is 6.96. The second-order valence-electron chi connectivity index (χ2n) is 3.91. The fourth-order valence-corrected chi connectivity index (χ4v) is 1.62. The van der Waals surface area contributed by atoms with Gasteiger partial charge in [0.15, 0.2) is 0 Å². The summed E-state index contributed by atoms with van der Waals surface area (Å²) in [5.41, 5.74) is 0.0645. The molecule has 0 aliphatic carbocycles. The standard InChI is InChI=1S/C10H17NO5S/c1-7(8(2)10(13)14)9(12)11(3)5-6-17(4,15)16/h5-6H2,1-4H3,(H,13,14). The molecular weight excluding hydrogens is 246 g/mol. The van der Waals surface area contributed by atoms with Crippen molar-refractivity contribution in [2.45, 2.75) is 13.8 Å². The van der Waals surface area contributed by atoms with Crippen LogP contribution in [0, 0.1) is 0 Å². The molecule has 1 amide bonds. The Morgan fingerprint density at radius 2 is 1.65 bits per heavy atom. The Labute approximate surface area is 101 Å². The lowest BCUT2D eigenvalue weighted by Crippen LogP contribution is -2.32. The van der Waals surface area contributed by atoms with Gasteiger partial charge in [-0.2, -0.15) is 0 Å². The van der Waals surface area contributed by atoms with Gasteiger partial charge in [0.2, 0.25) is 5.91 Å². The van der Waals surface area contributed by atoms with Gasteiger partial charge in [0.25, 0.3) is 0 Å². The minimum atomic E-state index is -3.14. The van der Waals surface area contributed by atoms with E-state index in [1.54, 1.807) is 0 Å². The number of carboxylic acid groups (broad SMARTS) is 1. The van der Waals surface area contributed by atoms with Crippen molar-refractivity contribution in [1.82, 2.24) is 4.90 Å². The first kappa shape index (κ1) is 15.6. The molecular formula is C10H17NO5S. The smallest absolute Gasteiger partial charge is 0.331 e. The molecule has 0 saturated carbocycles. The van der Waals surface area contributed by atoms with Gasteiger partial charge >= 0.3 is 5.97 Å². The second kappa shape index (κ2) is 5.81. The normalized spacial score (nSPS) is 12.9. The number of hydrogen-bond acceptors (Lipinski definition) is 4. The molecule has 17 heavy (non-hydrogen) atoms. The fourth-order valence-electron chi connectivity index (χ4n) is 1.01. The zero-order chi connectivity index (χ0) is 13.8. The Morgan fingerprint density at radius 3 is 2.00 bits per heavy atom. The van der Waals surface area contributed by atoms with Crippen LogP contribution in [-0.4, -0.2) is 55.9 Å². The van der Waals surface area contributed by atoms with E-state index in [9.17, 15) is 18.0 Å². The van der Waals surface area contributed by atoms with Gasteiger partial charge < -0.3 is 10.0 Å². The highest BCUT2D eigenvalue weighted by Gasteiger charge is 2.17. The lowest BCUT2D eigenvalue weighted by molar-refractivity contribution is -0.133. The summed E-state index contributed by atoms with van der Waals surface area (Å²) >= 11 is 0. The Bertz CT molecular complexity index is 449. The maximum atomic E-state index is 11.7. The van der Waals surface area contributed by atoms with E-state index < -0.39 is 21.7 Å². The molecule has 1 N–H and O–H groups in total. The van der Waals surface area contributed by atoms with E-state index in [0.717, 1.165) is 6.26 Å². The van der Waals surface area contributed by atoms with Crippen molar-refractivity contribution in [2.75, 3.05) is 25.6 Å². The van der Waals surface area contributed by atoms with E-state index in [4.69, 9.17) is 5.11 Å². The third-order valence-corrected chi connectivity index (χ3v) is 3.27.